The van der Waals surface area contributed by atoms with E-state index in [0.717, 1.165) is 5.56 Å². The van der Waals surface area contributed by atoms with E-state index >= 15 is 0 Å². The molecule has 0 amide bonds. The Morgan fingerprint density at radius 3 is 2.72 bits per heavy atom. The Labute approximate surface area is 123 Å². The molecule has 0 atom stereocenters. The molecule has 0 aliphatic heterocycles. The standard InChI is InChI=1S/C12H8Cl2O2S2/c13-8-2-1-7(5-9(8)14)6-18-10-3-4-17-11(10)12(15)16/h1-5H,6H2,(H,15,16)/p-1. The van der Waals surface area contributed by atoms with Crippen LogP contribution in [0.25, 0.3) is 0 Å². The third-order valence-corrected chi connectivity index (χ3v) is 5.08. The molecule has 0 N–H and O–H groups in total. The lowest BCUT2D eigenvalue weighted by molar-refractivity contribution is -0.254. The predicted octanol–water partition coefficient (Wildman–Crippen LogP) is 3.71. The van der Waals surface area contributed by atoms with Crippen LogP contribution in [-0.2, 0) is 5.75 Å². The van der Waals surface area contributed by atoms with Gasteiger partial charge in [0.1, 0.15) is 0 Å². The van der Waals surface area contributed by atoms with Crippen LogP contribution in [0.15, 0.2) is 34.5 Å². The van der Waals surface area contributed by atoms with Gasteiger partial charge in [-0.05, 0) is 29.1 Å². The Morgan fingerprint density at radius 1 is 1.28 bits per heavy atom. The number of thiophene rings is 1. The molecule has 18 heavy (non-hydrogen) atoms. The van der Waals surface area contributed by atoms with E-state index in [2.05, 4.69) is 0 Å². The van der Waals surface area contributed by atoms with Crippen LogP contribution >= 0.6 is 46.3 Å². The van der Waals surface area contributed by atoms with Gasteiger partial charge in [-0.25, -0.2) is 0 Å². The number of carbonyl (C=O) groups excluding carboxylic acids is 1. The summed E-state index contributed by atoms with van der Waals surface area (Å²) in [7, 11) is 0. The molecule has 0 saturated heterocycles. The lowest BCUT2D eigenvalue weighted by atomic mass is 10.2. The molecule has 2 rings (SSSR count). The quantitative estimate of drug-likeness (QED) is 0.807. The number of thioether (sulfide) groups is 1. The number of hydrogen-bond acceptors (Lipinski definition) is 4. The Balaban J connectivity index is 2.09. The number of carboxylic acids is 1. The van der Waals surface area contributed by atoms with Gasteiger partial charge < -0.3 is 9.90 Å². The molecule has 94 valence electrons. The maximum atomic E-state index is 10.8. The summed E-state index contributed by atoms with van der Waals surface area (Å²) in [6, 6.07) is 7.15. The molecule has 1 aromatic carbocycles. The van der Waals surface area contributed by atoms with Crippen molar-refractivity contribution in [3.05, 3.63) is 50.1 Å². The molecular weight excluding hydrogens is 311 g/mol. The van der Waals surface area contributed by atoms with Gasteiger partial charge in [-0.15, -0.1) is 23.1 Å². The van der Waals surface area contributed by atoms with Crippen LogP contribution in [0.1, 0.15) is 15.2 Å². The van der Waals surface area contributed by atoms with Gasteiger partial charge in [-0.2, -0.15) is 0 Å². The second-order valence-electron chi connectivity index (χ2n) is 3.44. The van der Waals surface area contributed by atoms with Gasteiger partial charge in [0, 0.05) is 10.6 Å². The van der Waals surface area contributed by atoms with Gasteiger partial charge in [-0.3, -0.25) is 0 Å². The van der Waals surface area contributed by atoms with E-state index in [9.17, 15) is 9.90 Å². The van der Waals surface area contributed by atoms with E-state index in [-0.39, 0.29) is 4.88 Å². The van der Waals surface area contributed by atoms with Gasteiger partial charge in [0.05, 0.1) is 20.9 Å². The lowest BCUT2D eigenvalue weighted by Crippen LogP contribution is -2.21. The third kappa shape index (κ3) is 3.20. The third-order valence-electron chi connectivity index (χ3n) is 2.19. The zero-order valence-electron chi connectivity index (χ0n) is 8.98. The van der Waals surface area contributed by atoms with Crippen LogP contribution in [-0.4, -0.2) is 5.97 Å². The fraction of sp³-hybridized carbons (Fsp3) is 0.0833. The first-order valence-electron chi connectivity index (χ1n) is 4.93. The zero-order chi connectivity index (χ0) is 13.1. The molecule has 1 heterocycles. The highest BCUT2D eigenvalue weighted by Gasteiger charge is 2.07. The highest BCUT2D eigenvalue weighted by atomic mass is 35.5. The van der Waals surface area contributed by atoms with Crippen molar-refractivity contribution in [3.63, 3.8) is 0 Å². The molecule has 2 aromatic rings. The van der Waals surface area contributed by atoms with Crippen LogP contribution in [0.3, 0.4) is 0 Å². The van der Waals surface area contributed by atoms with Crippen molar-refractivity contribution in [2.24, 2.45) is 0 Å². The summed E-state index contributed by atoms with van der Waals surface area (Å²) in [5, 5.41) is 13.6. The molecule has 1 aromatic heterocycles. The fourth-order valence-electron chi connectivity index (χ4n) is 1.35. The van der Waals surface area contributed by atoms with E-state index in [1.165, 1.54) is 23.1 Å². The maximum Gasteiger partial charge on any atom is 0.0826 e. The Kier molecular flexibility index (Phi) is 4.56. The van der Waals surface area contributed by atoms with E-state index in [1.54, 1.807) is 23.6 Å². The fourth-order valence-corrected chi connectivity index (χ4v) is 3.58. The first kappa shape index (κ1) is 13.7. The van der Waals surface area contributed by atoms with Gasteiger partial charge >= 0.3 is 0 Å². The molecule has 0 unspecified atom stereocenters. The number of benzene rings is 1. The molecule has 0 aliphatic rings. The molecule has 0 spiro atoms. The van der Waals surface area contributed by atoms with Gasteiger partial charge in [-0.1, -0.05) is 29.3 Å². The Bertz CT molecular complexity index is 581. The van der Waals surface area contributed by atoms with Crippen molar-refractivity contribution in [1.82, 2.24) is 0 Å². The minimum absolute atomic E-state index is 0.264. The average Bonchev–Trinajstić information content (AvgIpc) is 2.79. The maximum absolute atomic E-state index is 10.8. The summed E-state index contributed by atoms with van der Waals surface area (Å²) in [6.07, 6.45) is 0. The summed E-state index contributed by atoms with van der Waals surface area (Å²) in [5.74, 6) is -0.505. The first-order valence-corrected chi connectivity index (χ1v) is 7.55. The normalized spacial score (nSPS) is 10.6. The molecule has 0 aliphatic carbocycles. The van der Waals surface area contributed by atoms with E-state index in [1.807, 2.05) is 6.07 Å². The second kappa shape index (κ2) is 5.97. The number of carboxylic acid groups (broad SMARTS) is 1. The van der Waals surface area contributed by atoms with Crippen LogP contribution < -0.4 is 5.11 Å². The highest BCUT2D eigenvalue weighted by Crippen LogP contribution is 2.31. The van der Waals surface area contributed by atoms with E-state index < -0.39 is 5.97 Å². The van der Waals surface area contributed by atoms with Gasteiger partial charge in [0.25, 0.3) is 0 Å². The SMILES string of the molecule is O=C([O-])c1sccc1SCc1ccc(Cl)c(Cl)c1. The first-order chi connectivity index (χ1) is 8.58. The smallest absolute Gasteiger partial charge is 0.0826 e. The van der Waals surface area contributed by atoms with E-state index in [0.29, 0.717) is 20.7 Å². The summed E-state index contributed by atoms with van der Waals surface area (Å²) in [5.41, 5.74) is 0.991. The highest BCUT2D eigenvalue weighted by molar-refractivity contribution is 7.98. The van der Waals surface area contributed by atoms with Crippen molar-refractivity contribution in [2.45, 2.75) is 10.6 Å². The number of rotatable bonds is 4. The van der Waals surface area contributed by atoms with Crippen LogP contribution in [0, 0.1) is 0 Å². The van der Waals surface area contributed by atoms with E-state index in [4.69, 9.17) is 23.2 Å². The summed E-state index contributed by atoms with van der Waals surface area (Å²) < 4.78 is 0. The molecule has 0 saturated carbocycles. The van der Waals surface area contributed by atoms with Crippen LogP contribution in [0.2, 0.25) is 10.0 Å². The van der Waals surface area contributed by atoms with Crippen molar-refractivity contribution < 1.29 is 9.90 Å². The molecule has 0 radical (unpaired) electrons. The molecular formula is C12H7Cl2O2S2-. The average molecular weight is 318 g/mol. The van der Waals surface area contributed by atoms with Crippen LogP contribution in [0.5, 0.6) is 0 Å². The number of aromatic carboxylic acids is 1. The van der Waals surface area contributed by atoms with Gasteiger partial charge in [0.2, 0.25) is 0 Å². The molecule has 6 heteroatoms. The predicted molar refractivity (Wildman–Crippen MR) is 74.7 cm³/mol. The number of hydrogen-bond donors (Lipinski definition) is 0. The molecule has 2 nitrogen and oxygen atoms in total. The zero-order valence-corrected chi connectivity index (χ0v) is 12.1. The minimum atomic E-state index is -1.14. The topological polar surface area (TPSA) is 40.1 Å². The van der Waals surface area contributed by atoms with Crippen LogP contribution in [0.4, 0.5) is 0 Å². The minimum Gasteiger partial charge on any atom is -0.544 e. The summed E-state index contributed by atoms with van der Waals surface area (Å²) in [4.78, 5) is 11.8. The molecule has 0 bridgehead atoms. The second-order valence-corrected chi connectivity index (χ2v) is 6.19. The van der Waals surface area contributed by atoms with Gasteiger partial charge in [0.15, 0.2) is 0 Å². The number of halogens is 2. The van der Waals surface area contributed by atoms with Crippen molar-refractivity contribution >= 4 is 52.3 Å². The lowest BCUT2D eigenvalue weighted by Gasteiger charge is -2.05. The van der Waals surface area contributed by atoms with Crippen molar-refractivity contribution in [2.75, 3.05) is 0 Å². The van der Waals surface area contributed by atoms with Crippen molar-refractivity contribution in [1.29, 1.82) is 0 Å². The Hall–Kier alpha value is -0.680. The molecule has 0 fully saturated rings. The monoisotopic (exact) mass is 317 g/mol. The number of carbonyl (C=O) groups is 1. The summed E-state index contributed by atoms with van der Waals surface area (Å²) >= 11 is 14.3. The largest absolute Gasteiger partial charge is 0.544 e. The Morgan fingerprint density at radius 2 is 2.06 bits per heavy atom. The summed E-state index contributed by atoms with van der Waals surface area (Å²) in [6.45, 7) is 0. The van der Waals surface area contributed by atoms with Crippen molar-refractivity contribution in [3.8, 4) is 0 Å².